The summed E-state index contributed by atoms with van der Waals surface area (Å²) < 4.78 is 20.2. The minimum absolute atomic E-state index is 0.231. The van der Waals surface area contributed by atoms with Crippen molar-refractivity contribution in [2.45, 2.75) is 20.1 Å². The Morgan fingerprint density at radius 3 is 2.70 bits per heavy atom. The van der Waals surface area contributed by atoms with Crippen LogP contribution in [0.3, 0.4) is 0 Å². The van der Waals surface area contributed by atoms with Crippen molar-refractivity contribution in [3.63, 3.8) is 0 Å². The summed E-state index contributed by atoms with van der Waals surface area (Å²) in [7, 11) is 0. The normalized spacial score (nSPS) is 10.6. The first-order valence-corrected chi connectivity index (χ1v) is 7.35. The molecule has 0 aromatic heterocycles. The molecule has 106 valence electrons. The van der Waals surface area contributed by atoms with Crippen LogP contribution in [-0.4, -0.2) is 6.54 Å². The lowest BCUT2D eigenvalue weighted by molar-refractivity contribution is 0.299. The number of nitrogens with one attached hydrogen (secondary N) is 1. The van der Waals surface area contributed by atoms with Crippen LogP contribution in [0.25, 0.3) is 0 Å². The monoisotopic (exact) mass is 337 g/mol. The Kier molecular flexibility index (Phi) is 5.56. The summed E-state index contributed by atoms with van der Waals surface area (Å²) in [4.78, 5) is 0. The van der Waals surface area contributed by atoms with Crippen LogP contribution in [-0.2, 0) is 13.2 Å². The van der Waals surface area contributed by atoms with Gasteiger partial charge in [-0.2, -0.15) is 0 Å². The first-order valence-electron chi connectivity index (χ1n) is 6.56. The first kappa shape index (κ1) is 15.0. The predicted octanol–water partition coefficient (Wildman–Crippen LogP) is 4.28. The molecule has 0 saturated carbocycles. The summed E-state index contributed by atoms with van der Waals surface area (Å²) in [6.45, 7) is 3.97. The Labute approximate surface area is 127 Å². The molecular formula is C16H17BrFNO. The molecule has 0 fully saturated rings. The fraction of sp³-hybridized carbons (Fsp3) is 0.250. The highest BCUT2D eigenvalue weighted by molar-refractivity contribution is 9.10. The molecule has 0 aliphatic carbocycles. The van der Waals surface area contributed by atoms with E-state index in [1.807, 2.05) is 18.2 Å². The first-order chi connectivity index (χ1) is 9.70. The van der Waals surface area contributed by atoms with E-state index in [0.29, 0.717) is 5.56 Å². The average Bonchev–Trinajstić information content (AvgIpc) is 2.46. The maximum Gasteiger partial charge on any atom is 0.129 e. The van der Waals surface area contributed by atoms with Crippen molar-refractivity contribution in [1.82, 2.24) is 5.32 Å². The van der Waals surface area contributed by atoms with Crippen LogP contribution in [0.1, 0.15) is 18.1 Å². The Balaban J connectivity index is 2.04. The Hall–Kier alpha value is -1.39. The van der Waals surface area contributed by atoms with Gasteiger partial charge in [-0.15, -0.1) is 0 Å². The van der Waals surface area contributed by atoms with Crippen LogP contribution in [0.4, 0.5) is 4.39 Å². The van der Waals surface area contributed by atoms with Gasteiger partial charge in [0.15, 0.2) is 0 Å². The van der Waals surface area contributed by atoms with E-state index < -0.39 is 0 Å². The molecule has 0 spiro atoms. The van der Waals surface area contributed by atoms with Gasteiger partial charge in [0.05, 0.1) is 0 Å². The van der Waals surface area contributed by atoms with Crippen LogP contribution in [0, 0.1) is 5.82 Å². The van der Waals surface area contributed by atoms with Gasteiger partial charge in [-0.3, -0.25) is 0 Å². The molecule has 0 heterocycles. The van der Waals surface area contributed by atoms with Crippen molar-refractivity contribution in [3.8, 4) is 5.75 Å². The number of hydrogen-bond donors (Lipinski definition) is 1. The van der Waals surface area contributed by atoms with E-state index in [-0.39, 0.29) is 12.4 Å². The molecular weight excluding hydrogens is 321 g/mol. The highest BCUT2D eigenvalue weighted by atomic mass is 79.9. The average molecular weight is 338 g/mol. The smallest absolute Gasteiger partial charge is 0.129 e. The van der Waals surface area contributed by atoms with Gasteiger partial charge in [0.25, 0.3) is 0 Å². The van der Waals surface area contributed by atoms with Gasteiger partial charge >= 0.3 is 0 Å². The van der Waals surface area contributed by atoms with Crippen LogP contribution in [0.5, 0.6) is 5.75 Å². The highest BCUT2D eigenvalue weighted by Crippen LogP contribution is 2.23. The van der Waals surface area contributed by atoms with Gasteiger partial charge in [0.1, 0.15) is 18.2 Å². The molecule has 2 aromatic rings. The lowest BCUT2D eigenvalue weighted by atomic mass is 10.2. The molecule has 0 atom stereocenters. The largest absolute Gasteiger partial charge is 0.489 e. The van der Waals surface area contributed by atoms with Crippen molar-refractivity contribution >= 4 is 15.9 Å². The molecule has 2 nitrogen and oxygen atoms in total. The zero-order valence-corrected chi connectivity index (χ0v) is 12.9. The van der Waals surface area contributed by atoms with Gasteiger partial charge in [0, 0.05) is 16.6 Å². The second-order valence-electron chi connectivity index (χ2n) is 4.41. The Morgan fingerprint density at radius 2 is 1.95 bits per heavy atom. The fourth-order valence-corrected chi connectivity index (χ4v) is 2.20. The third-order valence-corrected chi connectivity index (χ3v) is 3.71. The summed E-state index contributed by atoms with van der Waals surface area (Å²) in [6.07, 6.45) is 0. The summed E-state index contributed by atoms with van der Waals surface area (Å²) in [5.41, 5.74) is 1.68. The van der Waals surface area contributed by atoms with Crippen LogP contribution >= 0.6 is 15.9 Å². The second kappa shape index (κ2) is 7.41. The second-order valence-corrected chi connectivity index (χ2v) is 5.27. The minimum atomic E-state index is -0.238. The van der Waals surface area contributed by atoms with E-state index in [2.05, 4.69) is 28.2 Å². The lowest BCUT2D eigenvalue weighted by Gasteiger charge is -2.10. The quantitative estimate of drug-likeness (QED) is 0.849. The Bertz CT molecular complexity index is 574. The molecule has 0 aliphatic heterocycles. The highest BCUT2D eigenvalue weighted by Gasteiger charge is 2.05. The Morgan fingerprint density at radius 1 is 1.15 bits per heavy atom. The van der Waals surface area contributed by atoms with Gasteiger partial charge < -0.3 is 10.1 Å². The van der Waals surface area contributed by atoms with Crippen molar-refractivity contribution in [2.75, 3.05) is 6.54 Å². The molecule has 0 aliphatic rings. The van der Waals surface area contributed by atoms with E-state index in [1.165, 1.54) is 6.07 Å². The molecule has 2 aromatic carbocycles. The number of hydrogen-bond acceptors (Lipinski definition) is 2. The zero-order valence-electron chi connectivity index (χ0n) is 11.3. The number of rotatable bonds is 6. The predicted molar refractivity (Wildman–Crippen MR) is 82.3 cm³/mol. The molecule has 2 rings (SSSR count). The van der Waals surface area contributed by atoms with Gasteiger partial charge in [-0.05, 0) is 36.4 Å². The molecule has 0 unspecified atom stereocenters. The SMILES string of the molecule is CCNCc1cc(OCc2ccccc2F)ccc1Br. The maximum absolute atomic E-state index is 13.5. The van der Waals surface area contributed by atoms with Gasteiger partial charge in [-0.25, -0.2) is 4.39 Å². The van der Waals surface area contributed by atoms with Crippen LogP contribution in [0.2, 0.25) is 0 Å². The molecule has 0 amide bonds. The molecule has 20 heavy (non-hydrogen) atoms. The third kappa shape index (κ3) is 4.05. The fourth-order valence-electron chi connectivity index (χ4n) is 1.81. The maximum atomic E-state index is 13.5. The number of benzene rings is 2. The summed E-state index contributed by atoms with van der Waals surface area (Å²) in [5, 5.41) is 3.27. The van der Waals surface area contributed by atoms with Crippen molar-refractivity contribution in [1.29, 1.82) is 0 Å². The van der Waals surface area contributed by atoms with Gasteiger partial charge in [0.2, 0.25) is 0 Å². The van der Waals surface area contributed by atoms with Crippen molar-refractivity contribution in [2.24, 2.45) is 0 Å². The van der Waals surface area contributed by atoms with Crippen molar-refractivity contribution < 1.29 is 9.13 Å². The van der Waals surface area contributed by atoms with Crippen LogP contribution in [0.15, 0.2) is 46.9 Å². The van der Waals surface area contributed by atoms with E-state index in [4.69, 9.17) is 4.74 Å². The molecule has 1 N–H and O–H groups in total. The number of ether oxygens (including phenoxy) is 1. The summed E-state index contributed by atoms with van der Waals surface area (Å²) in [6, 6.07) is 12.4. The molecule has 0 radical (unpaired) electrons. The van der Waals surface area contributed by atoms with Gasteiger partial charge in [-0.1, -0.05) is 41.1 Å². The third-order valence-electron chi connectivity index (χ3n) is 2.93. The number of halogens is 2. The summed E-state index contributed by atoms with van der Waals surface area (Å²) in [5.74, 6) is 0.502. The van der Waals surface area contributed by atoms with E-state index in [9.17, 15) is 4.39 Å². The van der Waals surface area contributed by atoms with E-state index in [0.717, 1.165) is 28.9 Å². The standard InChI is InChI=1S/C16H17BrFNO/c1-2-19-10-13-9-14(7-8-15(13)17)20-11-12-5-3-4-6-16(12)18/h3-9,19H,2,10-11H2,1H3. The lowest BCUT2D eigenvalue weighted by Crippen LogP contribution is -2.12. The zero-order chi connectivity index (χ0) is 14.4. The molecule has 0 bridgehead atoms. The van der Waals surface area contributed by atoms with Crippen molar-refractivity contribution in [3.05, 3.63) is 63.9 Å². The molecule has 4 heteroatoms. The van der Waals surface area contributed by atoms with E-state index >= 15 is 0 Å². The van der Waals surface area contributed by atoms with Crippen LogP contribution < -0.4 is 10.1 Å². The molecule has 0 saturated heterocycles. The summed E-state index contributed by atoms with van der Waals surface area (Å²) >= 11 is 3.51. The topological polar surface area (TPSA) is 21.3 Å². The minimum Gasteiger partial charge on any atom is -0.489 e. The van der Waals surface area contributed by atoms with E-state index in [1.54, 1.807) is 18.2 Å².